The summed E-state index contributed by atoms with van der Waals surface area (Å²) in [5.41, 5.74) is 1.81. The molecule has 0 bridgehead atoms. The molecule has 1 fully saturated rings. The molecule has 0 aromatic heterocycles. The Morgan fingerprint density at radius 3 is 2.44 bits per heavy atom. The molecular formula is C28H36N2O6. The number of carbonyl (C=O) groups excluding carboxylic acids is 2. The van der Waals surface area contributed by atoms with Crippen LogP contribution >= 0.6 is 0 Å². The number of unbranched alkanes of at least 4 members (excludes halogenated alkanes) is 1. The van der Waals surface area contributed by atoms with Gasteiger partial charge in [-0.15, -0.1) is 0 Å². The van der Waals surface area contributed by atoms with Crippen molar-refractivity contribution in [1.82, 2.24) is 9.80 Å². The number of nitrogens with zero attached hydrogens (tertiary/aromatic N) is 2. The molecule has 1 heterocycles. The molecule has 8 nitrogen and oxygen atoms in total. The summed E-state index contributed by atoms with van der Waals surface area (Å²) < 4.78 is 11.4. The van der Waals surface area contributed by atoms with Gasteiger partial charge < -0.3 is 29.5 Å². The number of aliphatic hydroxyl groups is 1. The van der Waals surface area contributed by atoms with Gasteiger partial charge in [-0.25, -0.2) is 0 Å². The van der Waals surface area contributed by atoms with Crippen molar-refractivity contribution in [3.8, 4) is 17.2 Å². The second kappa shape index (κ2) is 11.9. The Balaban J connectivity index is 2.10. The summed E-state index contributed by atoms with van der Waals surface area (Å²) in [6.45, 7) is 7.52. The van der Waals surface area contributed by atoms with E-state index in [0.29, 0.717) is 36.6 Å². The Morgan fingerprint density at radius 2 is 1.81 bits per heavy atom. The van der Waals surface area contributed by atoms with Crippen LogP contribution in [-0.2, 0) is 9.59 Å². The monoisotopic (exact) mass is 496 g/mol. The number of amides is 1. The number of ketones is 1. The number of carbonyl (C=O) groups is 2. The van der Waals surface area contributed by atoms with Crippen molar-refractivity contribution in [3.05, 3.63) is 58.7 Å². The van der Waals surface area contributed by atoms with E-state index in [1.54, 1.807) is 37.3 Å². The largest absolute Gasteiger partial charge is 0.507 e. The zero-order valence-corrected chi connectivity index (χ0v) is 21.7. The van der Waals surface area contributed by atoms with Gasteiger partial charge in [-0.05, 0) is 75.8 Å². The third-order valence-corrected chi connectivity index (χ3v) is 6.13. The van der Waals surface area contributed by atoms with Gasteiger partial charge >= 0.3 is 0 Å². The van der Waals surface area contributed by atoms with E-state index in [1.165, 1.54) is 11.0 Å². The maximum Gasteiger partial charge on any atom is 0.295 e. The molecule has 1 amide bonds. The molecular weight excluding hydrogens is 460 g/mol. The number of hydrogen-bond donors (Lipinski definition) is 2. The standard InChI is InChI=1S/C28H36N2O6/c1-6-8-15-36-22-12-10-20(16-18(22)3)26(32)24-25(19-9-11-21(31)23(17-19)35-7-2)30(14-13-29(4)5)28(34)27(24)33/h9-12,16-17,25,31-32H,6-8,13-15H2,1-5H3/b26-24-. The molecule has 0 radical (unpaired) electrons. The molecule has 2 N–H and O–H groups in total. The number of benzene rings is 2. The van der Waals surface area contributed by atoms with Crippen LogP contribution in [0.25, 0.3) is 5.76 Å². The van der Waals surface area contributed by atoms with Gasteiger partial charge in [0.25, 0.3) is 11.7 Å². The fraction of sp³-hybridized carbons (Fsp3) is 0.429. The molecule has 1 atom stereocenters. The molecule has 2 aromatic carbocycles. The van der Waals surface area contributed by atoms with Gasteiger partial charge in [-0.2, -0.15) is 0 Å². The van der Waals surface area contributed by atoms with Gasteiger partial charge in [0.05, 0.1) is 24.8 Å². The zero-order chi connectivity index (χ0) is 26.4. The van der Waals surface area contributed by atoms with Crippen molar-refractivity contribution in [2.45, 2.75) is 39.7 Å². The molecule has 3 rings (SSSR count). The summed E-state index contributed by atoms with van der Waals surface area (Å²) in [5, 5.41) is 21.5. The number of ether oxygens (including phenoxy) is 2. The van der Waals surface area contributed by atoms with Crippen LogP contribution < -0.4 is 9.47 Å². The molecule has 1 unspecified atom stereocenters. The number of Topliss-reactive ketones (excluding diaryl/α,β-unsaturated/α-hetero) is 1. The van der Waals surface area contributed by atoms with Crippen molar-refractivity contribution in [3.63, 3.8) is 0 Å². The Bertz CT molecular complexity index is 1140. The SMILES string of the molecule is CCCCOc1ccc(/C(O)=C2/C(=O)C(=O)N(CCN(C)C)C2c2ccc(O)c(OCC)c2)cc1C. The summed E-state index contributed by atoms with van der Waals surface area (Å²) >= 11 is 0. The quantitative estimate of drug-likeness (QED) is 0.208. The first-order chi connectivity index (χ1) is 17.2. The first kappa shape index (κ1) is 27.1. The molecule has 194 valence electrons. The van der Waals surface area contributed by atoms with Crippen LogP contribution in [0.2, 0.25) is 0 Å². The van der Waals surface area contributed by atoms with Gasteiger partial charge in [-0.1, -0.05) is 19.4 Å². The second-order valence-corrected chi connectivity index (χ2v) is 9.14. The minimum atomic E-state index is -0.828. The molecule has 36 heavy (non-hydrogen) atoms. The van der Waals surface area contributed by atoms with Gasteiger partial charge in [0.2, 0.25) is 0 Å². The van der Waals surface area contributed by atoms with Crippen LogP contribution in [-0.4, -0.2) is 72.1 Å². The third kappa shape index (κ3) is 5.82. The van der Waals surface area contributed by atoms with E-state index in [2.05, 4.69) is 6.92 Å². The van der Waals surface area contributed by atoms with Crippen LogP contribution in [0.15, 0.2) is 42.0 Å². The fourth-order valence-corrected chi connectivity index (χ4v) is 4.18. The Morgan fingerprint density at radius 1 is 1.06 bits per heavy atom. The van der Waals surface area contributed by atoms with E-state index in [1.807, 2.05) is 25.9 Å². The Labute approximate surface area is 212 Å². The molecule has 0 aliphatic carbocycles. The molecule has 0 spiro atoms. The number of hydrogen-bond acceptors (Lipinski definition) is 7. The van der Waals surface area contributed by atoms with Crippen molar-refractivity contribution < 1.29 is 29.3 Å². The highest BCUT2D eigenvalue weighted by Crippen LogP contribution is 2.42. The fourth-order valence-electron chi connectivity index (χ4n) is 4.18. The number of likely N-dealkylation sites (N-methyl/N-ethyl adjacent to an activating group) is 1. The summed E-state index contributed by atoms with van der Waals surface area (Å²) in [5.74, 6) is -0.755. The number of phenolic OH excluding ortho intramolecular Hbond substituents is 1. The predicted octanol–water partition coefficient (Wildman–Crippen LogP) is 4.26. The molecule has 1 saturated heterocycles. The summed E-state index contributed by atoms with van der Waals surface area (Å²) in [7, 11) is 3.76. The van der Waals surface area contributed by atoms with Crippen molar-refractivity contribution in [2.75, 3.05) is 40.4 Å². The highest BCUT2D eigenvalue weighted by Gasteiger charge is 2.46. The Hall–Kier alpha value is -3.52. The van der Waals surface area contributed by atoms with Crippen LogP contribution in [0.3, 0.4) is 0 Å². The average Bonchev–Trinajstić information content (AvgIpc) is 3.09. The zero-order valence-electron chi connectivity index (χ0n) is 21.7. The summed E-state index contributed by atoms with van der Waals surface area (Å²) in [6, 6.07) is 9.11. The topological polar surface area (TPSA) is 99.5 Å². The smallest absolute Gasteiger partial charge is 0.295 e. The number of aromatic hydroxyl groups is 1. The average molecular weight is 497 g/mol. The third-order valence-electron chi connectivity index (χ3n) is 6.13. The second-order valence-electron chi connectivity index (χ2n) is 9.14. The van der Waals surface area contributed by atoms with Gasteiger partial charge in [0, 0.05) is 18.7 Å². The minimum Gasteiger partial charge on any atom is -0.507 e. The summed E-state index contributed by atoms with van der Waals surface area (Å²) in [4.78, 5) is 29.7. The van der Waals surface area contributed by atoms with Gasteiger partial charge in [0.15, 0.2) is 11.5 Å². The first-order valence-electron chi connectivity index (χ1n) is 12.3. The van der Waals surface area contributed by atoms with E-state index < -0.39 is 17.7 Å². The lowest BCUT2D eigenvalue weighted by Gasteiger charge is -2.27. The van der Waals surface area contributed by atoms with Crippen molar-refractivity contribution in [2.24, 2.45) is 0 Å². The normalized spacial score (nSPS) is 17.2. The molecule has 8 heteroatoms. The van der Waals surface area contributed by atoms with E-state index in [9.17, 15) is 19.8 Å². The lowest BCUT2D eigenvalue weighted by Crippen LogP contribution is -2.35. The lowest BCUT2D eigenvalue weighted by molar-refractivity contribution is -0.140. The summed E-state index contributed by atoms with van der Waals surface area (Å²) in [6.07, 6.45) is 1.96. The highest BCUT2D eigenvalue weighted by molar-refractivity contribution is 6.46. The predicted molar refractivity (Wildman–Crippen MR) is 138 cm³/mol. The van der Waals surface area contributed by atoms with Crippen molar-refractivity contribution >= 4 is 17.4 Å². The first-order valence-corrected chi connectivity index (χ1v) is 12.3. The van der Waals surface area contributed by atoms with Crippen LogP contribution in [0, 0.1) is 6.92 Å². The van der Waals surface area contributed by atoms with E-state index in [4.69, 9.17) is 9.47 Å². The number of phenols is 1. The van der Waals surface area contributed by atoms with Gasteiger partial charge in [0.1, 0.15) is 11.5 Å². The highest BCUT2D eigenvalue weighted by atomic mass is 16.5. The lowest BCUT2D eigenvalue weighted by atomic mass is 9.94. The number of aryl methyl sites for hydroxylation is 1. The maximum absolute atomic E-state index is 13.2. The number of aliphatic hydroxyl groups excluding tert-OH is 1. The number of rotatable bonds is 11. The minimum absolute atomic E-state index is 0.00551. The van der Waals surface area contributed by atoms with Crippen LogP contribution in [0.1, 0.15) is 49.4 Å². The van der Waals surface area contributed by atoms with E-state index >= 15 is 0 Å². The Kier molecular flexibility index (Phi) is 8.98. The maximum atomic E-state index is 13.2. The number of likely N-dealkylation sites (tertiary alicyclic amines) is 1. The van der Waals surface area contributed by atoms with Crippen LogP contribution in [0.4, 0.5) is 0 Å². The van der Waals surface area contributed by atoms with Crippen LogP contribution in [0.5, 0.6) is 17.2 Å². The molecule has 2 aromatic rings. The van der Waals surface area contributed by atoms with E-state index in [0.717, 1.165) is 18.4 Å². The molecule has 0 saturated carbocycles. The van der Waals surface area contributed by atoms with Crippen molar-refractivity contribution in [1.29, 1.82) is 0 Å². The molecule has 1 aliphatic heterocycles. The molecule has 1 aliphatic rings. The van der Waals surface area contributed by atoms with E-state index in [-0.39, 0.29) is 29.4 Å². The van der Waals surface area contributed by atoms with Gasteiger partial charge in [-0.3, -0.25) is 9.59 Å².